The van der Waals surface area contributed by atoms with Crippen LogP contribution in [0.4, 0.5) is 13.2 Å². The van der Waals surface area contributed by atoms with Crippen LogP contribution < -0.4 is 0 Å². The Labute approximate surface area is 121 Å². The van der Waals surface area contributed by atoms with E-state index in [0.29, 0.717) is 16.9 Å². The summed E-state index contributed by atoms with van der Waals surface area (Å²) in [5.74, 6) is 0.393. The summed E-state index contributed by atoms with van der Waals surface area (Å²) in [6.45, 7) is 5.76. The van der Waals surface area contributed by atoms with Crippen molar-refractivity contribution in [2.45, 2.75) is 45.3 Å². The average Bonchev–Trinajstić information content (AvgIpc) is 2.72. The average molecular weight is 295 g/mol. The van der Waals surface area contributed by atoms with Gasteiger partial charge in [0.05, 0.1) is 29.1 Å². The van der Waals surface area contributed by atoms with Gasteiger partial charge >= 0.3 is 6.18 Å². The van der Waals surface area contributed by atoms with Crippen molar-refractivity contribution in [2.75, 3.05) is 0 Å². The van der Waals surface area contributed by atoms with Gasteiger partial charge in [0.1, 0.15) is 5.82 Å². The Morgan fingerprint density at radius 3 is 2.43 bits per heavy atom. The van der Waals surface area contributed by atoms with Crippen molar-refractivity contribution in [3.8, 4) is 6.07 Å². The monoisotopic (exact) mass is 295 g/mol. The lowest BCUT2D eigenvalue weighted by Crippen LogP contribution is -2.25. The van der Waals surface area contributed by atoms with Crippen LogP contribution in [0.5, 0.6) is 0 Å². The second-order valence-electron chi connectivity index (χ2n) is 5.96. The Hall–Kier alpha value is -2.03. The SMILES string of the molecule is CC(C)(C)n1c(CCC(F)(F)F)nc2cc(C#N)ccc21. The summed E-state index contributed by atoms with van der Waals surface area (Å²) >= 11 is 0. The second kappa shape index (κ2) is 5.06. The van der Waals surface area contributed by atoms with Gasteiger partial charge in [-0.05, 0) is 39.0 Å². The predicted molar refractivity (Wildman–Crippen MR) is 73.8 cm³/mol. The lowest BCUT2D eigenvalue weighted by molar-refractivity contribution is -0.134. The van der Waals surface area contributed by atoms with Crippen molar-refractivity contribution in [1.82, 2.24) is 9.55 Å². The molecule has 21 heavy (non-hydrogen) atoms. The summed E-state index contributed by atoms with van der Waals surface area (Å²) < 4.78 is 39.2. The number of halogens is 3. The highest BCUT2D eigenvalue weighted by atomic mass is 19.4. The quantitative estimate of drug-likeness (QED) is 0.835. The Kier molecular flexibility index (Phi) is 3.70. The van der Waals surface area contributed by atoms with E-state index in [1.54, 1.807) is 18.2 Å². The lowest BCUT2D eigenvalue weighted by Gasteiger charge is -2.25. The Balaban J connectivity index is 2.55. The van der Waals surface area contributed by atoms with Gasteiger partial charge in [-0.2, -0.15) is 18.4 Å². The molecule has 0 saturated heterocycles. The summed E-state index contributed by atoms with van der Waals surface area (Å²) in [7, 11) is 0. The fraction of sp³-hybridized carbons (Fsp3) is 0.467. The summed E-state index contributed by atoms with van der Waals surface area (Å²) in [6, 6.07) is 7.01. The number of imidazole rings is 1. The zero-order valence-corrected chi connectivity index (χ0v) is 12.1. The van der Waals surface area contributed by atoms with Crippen LogP contribution in [-0.2, 0) is 12.0 Å². The molecule has 0 bridgehead atoms. The minimum Gasteiger partial charge on any atom is -0.323 e. The standard InChI is InChI=1S/C15H16F3N3/c1-14(2,3)21-12-5-4-10(9-19)8-11(12)20-13(21)6-7-15(16,17)18/h4-5,8H,6-7H2,1-3H3. The maximum absolute atomic E-state index is 12.5. The molecule has 3 nitrogen and oxygen atoms in total. The van der Waals surface area contributed by atoms with Crippen molar-refractivity contribution in [3.63, 3.8) is 0 Å². The van der Waals surface area contributed by atoms with Gasteiger partial charge in [0, 0.05) is 12.0 Å². The predicted octanol–water partition coefficient (Wildman–Crippen LogP) is 4.16. The van der Waals surface area contributed by atoms with Gasteiger partial charge in [-0.3, -0.25) is 0 Å². The smallest absolute Gasteiger partial charge is 0.323 e. The van der Waals surface area contributed by atoms with Gasteiger partial charge < -0.3 is 4.57 Å². The van der Waals surface area contributed by atoms with Crippen LogP contribution in [0.25, 0.3) is 11.0 Å². The third-order valence-electron chi connectivity index (χ3n) is 3.16. The molecule has 0 aliphatic heterocycles. The summed E-state index contributed by atoms with van der Waals surface area (Å²) in [5.41, 5.74) is 1.37. The van der Waals surface area contributed by atoms with Gasteiger partial charge in [-0.25, -0.2) is 4.98 Å². The van der Waals surface area contributed by atoms with Crippen LogP contribution in [0.3, 0.4) is 0 Å². The topological polar surface area (TPSA) is 41.6 Å². The number of nitrogens with zero attached hydrogens (tertiary/aromatic N) is 3. The van der Waals surface area contributed by atoms with Crippen molar-refractivity contribution < 1.29 is 13.2 Å². The largest absolute Gasteiger partial charge is 0.389 e. The van der Waals surface area contributed by atoms with Gasteiger partial charge in [0.2, 0.25) is 0 Å². The molecule has 0 unspecified atom stereocenters. The number of fused-ring (bicyclic) bond motifs is 1. The Morgan fingerprint density at radius 1 is 1.24 bits per heavy atom. The van der Waals surface area contributed by atoms with Crippen LogP contribution in [-0.4, -0.2) is 15.7 Å². The Morgan fingerprint density at radius 2 is 1.90 bits per heavy atom. The molecular weight excluding hydrogens is 279 g/mol. The van der Waals surface area contributed by atoms with Crippen LogP contribution in [0.2, 0.25) is 0 Å². The van der Waals surface area contributed by atoms with Crippen molar-refractivity contribution >= 4 is 11.0 Å². The van der Waals surface area contributed by atoms with E-state index in [0.717, 1.165) is 5.52 Å². The third kappa shape index (κ3) is 3.35. The first-order valence-corrected chi connectivity index (χ1v) is 6.60. The zero-order chi connectivity index (χ0) is 15.8. The third-order valence-corrected chi connectivity index (χ3v) is 3.16. The number of rotatable bonds is 2. The molecule has 0 aliphatic carbocycles. The minimum atomic E-state index is -4.21. The molecule has 0 aliphatic rings. The summed E-state index contributed by atoms with van der Waals surface area (Å²) in [4.78, 5) is 4.30. The molecule has 1 aromatic heterocycles. The molecule has 0 spiro atoms. The van der Waals surface area contributed by atoms with E-state index in [-0.39, 0.29) is 12.0 Å². The van der Waals surface area contributed by atoms with Crippen molar-refractivity contribution in [1.29, 1.82) is 5.26 Å². The highest BCUT2D eigenvalue weighted by Crippen LogP contribution is 2.29. The molecule has 0 N–H and O–H groups in total. The van der Waals surface area contributed by atoms with Gasteiger partial charge in [0.15, 0.2) is 0 Å². The minimum absolute atomic E-state index is 0.169. The van der Waals surface area contributed by atoms with Gasteiger partial charge in [-0.15, -0.1) is 0 Å². The molecule has 0 radical (unpaired) electrons. The second-order valence-corrected chi connectivity index (χ2v) is 5.96. The maximum Gasteiger partial charge on any atom is 0.389 e. The van der Waals surface area contributed by atoms with E-state index in [1.165, 1.54) is 0 Å². The number of alkyl halides is 3. The molecule has 0 amide bonds. The molecule has 6 heteroatoms. The van der Waals surface area contributed by atoms with Gasteiger partial charge in [-0.1, -0.05) is 0 Å². The zero-order valence-electron chi connectivity index (χ0n) is 12.1. The number of aromatic nitrogens is 2. The molecule has 0 fully saturated rings. The van der Waals surface area contributed by atoms with Crippen LogP contribution in [0.15, 0.2) is 18.2 Å². The molecule has 0 saturated carbocycles. The van der Waals surface area contributed by atoms with Crippen molar-refractivity contribution in [2.24, 2.45) is 0 Å². The van der Waals surface area contributed by atoms with E-state index < -0.39 is 12.6 Å². The highest BCUT2D eigenvalue weighted by molar-refractivity contribution is 5.78. The number of hydrogen-bond acceptors (Lipinski definition) is 2. The first-order valence-electron chi connectivity index (χ1n) is 6.60. The molecule has 0 atom stereocenters. The van der Waals surface area contributed by atoms with E-state index in [2.05, 4.69) is 4.98 Å². The Bertz CT molecular complexity index is 700. The number of nitriles is 1. The first-order chi connectivity index (χ1) is 9.62. The molecule has 1 heterocycles. The normalized spacial score (nSPS) is 12.6. The molecule has 2 aromatic rings. The van der Waals surface area contributed by atoms with Crippen molar-refractivity contribution in [3.05, 3.63) is 29.6 Å². The van der Waals surface area contributed by atoms with Crippen LogP contribution in [0, 0.1) is 11.3 Å². The van der Waals surface area contributed by atoms with E-state index in [9.17, 15) is 13.2 Å². The molecule has 1 aromatic carbocycles. The maximum atomic E-state index is 12.5. The van der Waals surface area contributed by atoms with E-state index in [4.69, 9.17) is 5.26 Å². The van der Waals surface area contributed by atoms with E-state index in [1.807, 2.05) is 31.4 Å². The lowest BCUT2D eigenvalue weighted by atomic mass is 10.1. The molecular formula is C15H16F3N3. The highest BCUT2D eigenvalue weighted by Gasteiger charge is 2.29. The van der Waals surface area contributed by atoms with Crippen LogP contribution >= 0.6 is 0 Å². The van der Waals surface area contributed by atoms with Crippen LogP contribution in [0.1, 0.15) is 38.6 Å². The number of benzene rings is 1. The molecule has 2 rings (SSSR count). The summed E-state index contributed by atoms with van der Waals surface area (Å²) in [6.07, 6.45) is -5.28. The van der Waals surface area contributed by atoms with E-state index >= 15 is 0 Å². The number of aryl methyl sites for hydroxylation is 1. The molecule has 112 valence electrons. The van der Waals surface area contributed by atoms with Gasteiger partial charge in [0.25, 0.3) is 0 Å². The fourth-order valence-corrected chi connectivity index (χ4v) is 2.37. The number of hydrogen-bond donors (Lipinski definition) is 0. The summed E-state index contributed by atoms with van der Waals surface area (Å²) in [5, 5.41) is 8.91. The fourth-order valence-electron chi connectivity index (χ4n) is 2.37. The first kappa shape index (κ1) is 15.4.